The fourth-order valence-corrected chi connectivity index (χ4v) is 6.70. The van der Waals surface area contributed by atoms with Crippen molar-refractivity contribution < 1.29 is 9.21 Å². The SMILES string of the molecule is CCCN(CCC1CCC(NC(=O)c2cc3ccccc3o2)CC1)C1CCc2nc(N)sc2C1. The molecule has 1 fully saturated rings. The van der Waals surface area contributed by atoms with Gasteiger partial charge in [0.05, 0.1) is 5.69 Å². The van der Waals surface area contributed by atoms with Crippen molar-refractivity contribution in [2.75, 3.05) is 18.8 Å². The molecule has 2 aromatic heterocycles. The zero-order chi connectivity index (χ0) is 23.5. The Hall–Kier alpha value is -2.38. The summed E-state index contributed by atoms with van der Waals surface area (Å²) in [7, 11) is 0. The molecule has 0 spiro atoms. The molecule has 0 aliphatic heterocycles. The largest absolute Gasteiger partial charge is 0.451 e. The van der Waals surface area contributed by atoms with E-state index in [0.29, 0.717) is 11.8 Å². The molecule has 1 unspecified atom stereocenters. The molecule has 1 saturated carbocycles. The summed E-state index contributed by atoms with van der Waals surface area (Å²) in [5.74, 6) is 1.07. The molecule has 6 nitrogen and oxygen atoms in total. The molecule has 0 radical (unpaired) electrons. The van der Waals surface area contributed by atoms with Gasteiger partial charge in [-0.1, -0.05) is 25.1 Å². The van der Waals surface area contributed by atoms with Crippen LogP contribution in [0.1, 0.15) is 73.0 Å². The van der Waals surface area contributed by atoms with E-state index in [2.05, 4.69) is 22.1 Å². The number of aromatic nitrogens is 1. The first-order valence-corrected chi connectivity index (χ1v) is 13.7. The number of aryl methyl sites for hydroxylation is 1. The Bertz CT molecular complexity index is 1080. The van der Waals surface area contributed by atoms with Gasteiger partial charge in [0, 0.05) is 22.3 Å². The second-order valence-electron chi connectivity index (χ2n) is 9.98. The Morgan fingerprint density at radius 1 is 1.21 bits per heavy atom. The van der Waals surface area contributed by atoms with Gasteiger partial charge in [0.2, 0.25) is 0 Å². The predicted octanol–water partition coefficient (Wildman–Crippen LogP) is 5.42. The summed E-state index contributed by atoms with van der Waals surface area (Å²) in [6.07, 6.45) is 10.3. The first-order chi connectivity index (χ1) is 16.6. The van der Waals surface area contributed by atoms with Gasteiger partial charge < -0.3 is 20.4 Å². The van der Waals surface area contributed by atoms with Crippen molar-refractivity contribution in [2.45, 2.75) is 76.8 Å². The van der Waals surface area contributed by atoms with E-state index in [1.54, 1.807) is 11.3 Å². The first kappa shape index (κ1) is 23.4. The lowest BCUT2D eigenvalue weighted by atomic mass is 9.83. The van der Waals surface area contributed by atoms with Crippen LogP contribution in [-0.4, -0.2) is 41.0 Å². The number of thiazole rings is 1. The van der Waals surface area contributed by atoms with Crippen molar-refractivity contribution >= 4 is 33.3 Å². The number of nitrogen functional groups attached to an aromatic ring is 1. The fourth-order valence-electron chi connectivity index (χ4n) is 5.75. The number of carbonyl (C=O) groups excluding carboxylic acids is 1. The maximum absolute atomic E-state index is 12.7. The molecule has 3 aromatic rings. The number of nitrogens with two attached hydrogens (primary N) is 1. The van der Waals surface area contributed by atoms with Crippen LogP contribution in [0.25, 0.3) is 11.0 Å². The van der Waals surface area contributed by atoms with Crippen LogP contribution >= 0.6 is 11.3 Å². The Morgan fingerprint density at radius 2 is 2.03 bits per heavy atom. The minimum Gasteiger partial charge on any atom is -0.451 e. The van der Waals surface area contributed by atoms with Gasteiger partial charge in [-0.05, 0) is 88.9 Å². The van der Waals surface area contributed by atoms with Crippen LogP contribution in [0.2, 0.25) is 0 Å². The quantitative estimate of drug-likeness (QED) is 0.450. The third-order valence-electron chi connectivity index (χ3n) is 7.61. The Kier molecular flexibility index (Phi) is 7.21. The third kappa shape index (κ3) is 5.31. The van der Waals surface area contributed by atoms with Crippen molar-refractivity contribution in [3.8, 4) is 0 Å². The molecule has 34 heavy (non-hydrogen) atoms. The summed E-state index contributed by atoms with van der Waals surface area (Å²) >= 11 is 1.68. The van der Waals surface area contributed by atoms with E-state index in [4.69, 9.17) is 10.2 Å². The summed E-state index contributed by atoms with van der Waals surface area (Å²) in [5, 5.41) is 4.90. The zero-order valence-electron chi connectivity index (χ0n) is 20.1. The maximum atomic E-state index is 12.7. The van der Waals surface area contributed by atoms with Gasteiger partial charge in [0.25, 0.3) is 5.91 Å². The highest BCUT2D eigenvalue weighted by Crippen LogP contribution is 2.32. The first-order valence-electron chi connectivity index (χ1n) is 12.9. The van der Waals surface area contributed by atoms with Crippen molar-refractivity contribution in [2.24, 2.45) is 5.92 Å². The van der Waals surface area contributed by atoms with E-state index in [1.807, 2.05) is 30.3 Å². The highest BCUT2D eigenvalue weighted by atomic mass is 32.1. The molecular formula is C27H36N4O2S. The number of amides is 1. The summed E-state index contributed by atoms with van der Waals surface area (Å²) in [6, 6.07) is 10.5. The standard InChI is InChI=1S/C27H36N4O2S/c1-2-14-31(21-11-12-22-25(17-21)34-27(28)30-22)15-13-18-7-9-20(10-8-18)29-26(32)24-16-19-5-3-4-6-23(19)33-24/h3-6,16,18,20-21H,2,7-15,17H2,1H3,(H2,28,30)(H,29,32). The van der Waals surface area contributed by atoms with Crippen molar-refractivity contribution in [3.63, 3.8) is 0 Å². The van der Waals surface area contributed by atoms with E-state index in [-0.39, 0.29) is 11.9 Å². The molecule has 0 saturated heterocycles. The molecule has 182 valence electrons. The third-order valence-corrected chi connectivity index (χ3v) is 8.56. The molecule has 1 amide bonds. The second kappa shape index (κ2) is 10.5. The minimum absolute atomic E-state index is 0.0888. The number of para-hydroxylation sites is 1. The van der Waals surface area contributed by atoms with E-state index in [1.165, 1.54) is 49.2 Å². The predicted molar refractivity (Wildman–Crippen MR) is 138 cm³/mol. The average Bonchev–Trinajstić information content (AvgIpc) is 3.45. The lowest BCUT2D eigenvalue weighted by Gasteiger charge is -2.36. The summed E-state index contributed by atoms with van der Waals surface area (Å²) in [4.78, 5) is 21.3. The summed E-state index contributed by atoms with van der Waals surface area (Å²) < 4.78 is 5.73. The fraction of sp³-hybridized carbons (Fsp3) is 0.556. The van der Waals surface area contributed by atoms with Crippen LogP contribution in [-0.2, 0) is 12.8 Å². The molecule has 1 aromatic carbocycles. The van der Waals surface area contributed by atoms with Gasteiger partial charge >= 0.3 is 0 Å². The normalized spacial score (nSPS) is 22.7. The van der Waals surface area contributed by atoms with E-state index in [0.717, 1.165) is 54.2 Å². The molecule has 1 atom stereocenters. The number of anilines is 1. The number of nitrogens with zero attached hydrogens (tertiary/aromatic N) is 2. The number of furan rings is 1. The minimum atomic E-state index is -0.0888. The number of nitrogens with one attached hydrogen (secondary N) is 1. The highest BCUT2D eigenvalue weighted by molar-refractivity contribution is 7.15. The number of carbonyl (C=O) groups is 1. The lowest BCUT2D eigenvalue weighted by Crippen LogP contribution is -2.41. The van der Waals surface area contributed by atoms with Gasteiger partial charge in [0.1, 0.15) is 5.58 Å². The van der Waals surface area contributed by atoms with E-state index in [9.17, 15) is 4.79 Å². The van der Waals surface area contributed by atoms with Crippen molar-refractivity contribution in [1.29, 1.82) is 0 Å². The molecule has 5 rings (SSSR count). The molecule has 7 heteroatoms. The van der Waals surface area contributed by atoms with Crippen LogP contribution in [0.4, 0.5) is 5.13 Å². The van der Waals surface area contributed by atoms with Crippen LogP contribution in [0.15, 0.2) is 34.7 Å². The molecular weight excluding hydrogens is 444 g/mol. The number of hydrogen-bond acceptors (Lipinski definition) is 6. The van der Waals surface area contributed by atoms with Gasteiger partial charge in [-0.2, -0.15) is 0 Å². The van der Waals surface area contributed by atoms with Crippen molar-refractivity contribution in [1.82, 2.24) is 15.2 Å². The van der Waals surface area contributed by atoms with Crippen LogP contribution in [0.3, 0.4) is 0 Å². The van der Waals surface area contributed by atoms with Gasteiger partial charge in [-0.25, -0.2) is 4.98 Å². The van der Waals surface area contributed by atoms with Gasteiger partial charge in [-0.3, -0.25) is 4.79 Å². The molecule has 0 bridgehead atoms. The smallest absolute Gasteiger partial charge is 0.287 e. The Morgan fingerprint density at radius 3 is 2.82 bits per heavy atom. The molecule has 2 aliphatic carbocycles. The summed E-state index contributed by atoms with van der Waals surface area (Å²) in [5.41, 5.74) is 7.95. The topological polar surface area (TPSA) is 84.4 Å². The zero-order valence-corrected chi connectivity index (χ0v) is 20.9. The van der Waals surface area contributed by atoms with E-state index < -0.39 is 0 Å². The number of rotatable bonds is 8. The van der Waals surface area contributed by atoms with Gasteiger partial charge in [-0.15, -0.1) is 11.3 Å². The summed E-state index contributed by atoms with van der Waals surface area (Å²) in [6.45, 7) is 4.61. The van der Waals surface area contributed by atoms with Crippen molar-refractivity contribution in [3.05, 3.63) is 46.7 Å². The van der Waals surface area contributed by atoms with Crippen LogP contribution in [0.5, 0.6) is 0 Å². The number of hydrogen-bond donors (Lipinski definition) is 2. The molecule has 2 aliphatic rings. The van der Waals surface area contributed by atoms with Gasteiger partial charge in [0.15, 0.2) is 10.9 Å². The average molecular weight is 481 g/mol. The Balaban J connectivity index is 1.09. The highest BCUT2D eigenvalue weighted by Gasteiger charge is 2.28. The number of benzene rings is 1. The van der Waals surface area contributed by atoms with Crippen LogP contribution in [0, 0.1) is 5.92 Å². The van der Waals surface area contributed by atoms with E-state index >= 15 is 0 Å². The monoisotopic (exact) mass is 480 g/mol. The number of fused-ring (bicyclic) bond motifs is 2. The van der Waals surface area contributed by atoms with Crippen LogP contribution < -0.4 is 11.1 Å². The Labute approximate surface area is 205 Å². The molecule has 3 N–H and O–H groups in total. The second-order valence-corrected chi connectivity index (χ2v) is 11.1. The maximum Gasteiger partial charge on any atom is 0.287 e. The lowest BCUT2D eigenvalue weighted by molar-refractivity contribution is 0.0892. The molecule has 2 heterocycles.